The van der Waals surface area contributed by atoms with Gasteiger partial charge in [0, 0.05) is 6.66 Å². The first-order chi connectivity index (χ1) is 1.73. The predicted octanol–water partition coefficient (Wildman–Crippen LogP) is -1.10. The van der Waals surface area contributed by atoms with Gasteiger partial charge in [-0.05, 0) is 0 Å². The Kier molecular flexibility index (Phi) is 8.70. The van der Waals surface area contributed by atoms with Crippen LogP contribution in [-0.2, 0) is 4.57 Å². The SMILES string of the molecule is C[PH](=O)O.[AlH3]. The van der Waals surface area contributed by atoms with Gasteiger partial charge in [-0.15, -0.1) is 0 Å². The molecule has 0 fully saturated rings. The lowest BCUT2D eigenvalue weighted by atomic mass is 12.0. The van der Waals surface area contributed by atoms with Crippen LogP contribution >= 0.6 is 8.03 Å². The van der Waals surface area contributed by atoms with Crippen molar-refractivity contribution in [3.8, 4) is 0 Å². The lowest BCUT2D eigenvalue weighted by molar-refractivity contribution is 0.509. The summed E-state index contributed by atoms with van der Waals surface area (Å²) in [5, 5.41) is 0. The molecule has 2 nitrogen and oxygen atoms in total. The zero-order valence-corrected chi connectivity index (χ0v) is 3.36. The molecule has 0 rings (SSSR count). The third kappa shape index (κ3) is 67.1. The van der Waals surface area contributed by atoms with Crippen molar-refractivity contribution in [2.45, 2.75) is 0 Å². The van der Waals surface area contributed by atoms with E-state index < -0.39 is 8.03 Å². The van der Waals surface area contributed by atoms with Gasteiger partial charge in [0.2, 0.25) is 0 Å². The Hall–Kier alpha value is 0.722. The Bertz CT molecular complexity index is 32.6. The summed E-state index contributed by atoms with van der Waals surface area (Å²) in [5.41, 5.74) is 0. The van der Waals surface area contributed by atoms with Crippen molar-refractivity contribution in [2.24, 2.45) is 0 Å². The van der Waals surface area contributed by atoms with Gasteiger partial charge in [0.1, 0.15) is 0 Å². The van der Waals surface area contributed by atoms with Crippen molar-refractivity contribution in [1.82, 2.24) is 0 Å². The monoisotopic (exact) mass is 110 g/mol. The van der Waals surface area contributed by atoms with Crippen LogP contribution in [-0.4, -0.2) is 28.9 Å². The summed E-state index contributed by atoms with van der Waals surface area (Å²) in [4.78, 5) is 7.60. The molecule has 0 aliphatic rings. The van der Waals surface area contributed by atoms with Crippen LogP contribution in [0.25, 0.3) is 0 Å². The molecule has 32 valence electrons. The van der Waals surface area contributed by atoms with Crippen LogP contribution in [0.4, 0.5) is 0 Å². The van der Waals surface area contributed by atoms with E-state index in [0.717, 1.165) is 0 Å². The molecular weight excluding hydrogens is 102 g/mol. The van der Waals surface area contributed by atoms with Crippen molar-refractivity contribution < 1.29 is 9.46 Å². The van der Waals surface area contributed by atoms with Crippen molar-refractivity contribution in [1.29, 1.82) is 0 Å². The van der Waals surface area contributed by atoms with Crippen LogP contribution in [0.15, 0.2) is 0 Å². The zero-order chi connectivity index (χ0) is 3.58. The first kappa shape index (κ1) is 9.21. The molecule has 0 heterocycles. The average Bonchev–Trinajstić information content (AvgIpc) is 0.811. The maximum atomic E-state index is 9.19. The van der Waals surface area contributed by atoms with E-state index in [1.165, 1.54) is 6.66 Å². The quantitative estimate of drug-likeness (QED) is 0.317. The van der Waals surface area contributed by atoms with Crippen molar-refractivity contribution >= 4 is 25.4 Å². The molecule has 0 bridgehead atoms. The molecule has 0 aromatic rings. The molecule has 1 atom stereocenters. The third-order valence-electron chi connectivity index (χ3n) is 0. The summed E-state index contributed by atoms with van der Waals surface area (Å²) in [6.07, 6.45) is 0. The van der Waals surface area contributed by atoms with Crippen molar-refractivity contribution in [3.05, 3.63) is 0 Å². The van der Waals surface area contributed by atoms with Crippen LogP contribution in [0, 0.1) is 0 Å². The molecular formula is CH8AlO2P. The summed E-state index contributed by atoms with van der Waals surface area (Å²) < 4.78 is 9.19. The van der Waals surface area contributed by atoms with Gasteiger partial charge in [-0.2, -0.15) is 0 Å². The minimum Gasteiger partial charge on any atom is -0.346 e. The molecule has 0 aliphatic carbocycles. The third-order valence-corrected chi connectivity index (χ3v) is 0. The average molecular weight is 110 g/mol. The smallest absolute Gasteiger partial charge is 0.187 e. The first-order valence-electron chi connectivity index (χ1n) is 0.928. The second-order valence-electron chi connectivity index (χ2n) is 0.519. The maximum absolute atomic E-state index is 9.19. The summed E-state index contributed by atoms with van der Waals surface area (Å²) >= 11 is 0. The number of rotatable bonds is 0. The summed E-state index contributed by atoms with van der Waals surface area (Å²) in [6.45, 7) is 1.27. The van der Waals surface area contributed by atoms with Crippen LogP contribution < -0.4 is 0 Å². The predicted molar refractivity (Wildman–Crippen MR) is 27.1 cm³/mol. The van der Waals surface area contributed by atoms with E-state index >= 15 is 0 Å². The van der Waals surface area contributed by atoms with Crippen LogP contribution in [0.1, 0.15) is 0 Å². The van der Waals surface area contributed by atoms with Gasteiger partial charge in [-0.25, -0.2) is 0 Å². The van der Waals surface area contributed by atoms with E-state index in [4.69, 9.17) is 4.89 Å². The van der Waals surface area contributed by atoms with Gasteiger partial charge >= 0.3 is 0 Å². The fourth-order valence-corrected chi connectivity index (χ4v) is 0. The number of hydrogen-bond donors (Lipinski definition) is 1. The van der Waals surface area contributed by atoms with Crippen LogP contribution in [0.2, 0.25) is 0 Å². The Morgan fingerprint density at radius 1 is 1.80 bits per heavy atom. The summed E-state index contributed by atoms with van der Waals surface area (Å²) in [5.74, 6) is 0. The fourth-order valence-electron chi connectivity index (χ4n) is 0. The van der Waals surface area contributed by atoms with E-state index in [2.05, 4.69) is 0 Å². The van der Waals surface area contributed by atoms with Gasteiger partial charge < -0.3 is 4.89 Å². The maximum Gasteiger partial charge on any atom is 0.187 e. The van der Waals surface area contributed by atoms with E-state index in [1.807, 2.05) is 0 Å². The highest BCUT2D eigenvalue weighted by Gasteiger charge is 1.60. The van der Waals surface area contributed by atoms with E-state index in [1.54, 1.807) is 0 Å². The first-order valence-corrected chi connectivity index (χ1v) is 2.78. The highest BCUT2D eigenvalue weighted by molar-refractivity contribution is 7.36. The lowest BCUT2D eigenvalue weighted by Crippen LogP contribution is -1.35. The Morgan fingerprint density at radius 3 is 1.80 bits per heavy atom. The normalized spacial score (nSPS) is 12.4. The molecule has 0 amide bonds. The molecule has 0 radical (unpaired) electrons. The topological polar surface area (TPSA) is 37.3 Å². The minimum atomic E-state index is -2.13. The molecule has 4 heteroatoms. The Morgan fingerprint density at radius 2 is 1.80 bits per heavy atom. The molecule has 1 unspecified atom stereocenters. The molecule has 0 spiro atoms. The summed E-state index contributed by atoms with van der Waals surface area (Å²) in [6, 6.07) is 0. The molecule has 0 aromatic heterocycles. The van der Waals surface area contributed by atoms with Crippen LogP contribution in [0.3, 0.4) is 0 Å². The van der Waals surface area contributed by atoms with Crippen molar-refractivity contribution in [3.63, 3.8) is 0 Å². The fraction of sp³-hybridized carbons (Fsp3) is 1.00. The Labute approximate surface area is 42.2 Å². The zero-order valence-electron chi connectivity index (χ0n) is 2.36. The second kappa shape index (κ2) is 4.72. The lowest BCUT2D eigenvalue weighted by Gasteiger charge is -1.61. The van der Waals surface area contributed by atoms with Crippen LogP contribution in [0.5, 0.6) is 0 Å². The second-order valence-corrected chi connectivity index (χ2v) is 1.56. The highest BCUT2D eigenvalue weighted by atomic mass is 31.1. The van der Waals surface area contributed by atoms with Gasteiger partial charge in [-0.1, -0.05) is 0 Å². The largest absolute Gasteiger partial charge is 0.346 e. The number of hydrogen-bond acceptors (Lipinski definition) is 1. The minimum absolute atomic E-state index is 0. The standard InChI is InChI=1S/CH5O2P.Al.3H/c1-4(2)3;;;;/h4H,1H3,(H,2,3);;;;. The van der Waals surface area contributed by atoms with E-state index in [-0.39, 0.29) is 17.4 Å². The molecule has 5 heavy (non-hydrogen) atoms. The van der Waals surface area contributed by atoms with Gasteiger partial charge in [-0.3, -0.25) is 4.57 Å². The molecule has 0 aliphatic heterocycles. The highest BCUT2D eigenvalue weighted by Crippen LogP contribution is 1.99. The molecule has 1 N–H and O–H groups in total. The Balaban J connectivity index is 0. The van der Waals surface area contributed by atoms with E-state index in [0.29, 0.717) is 0 Å². The van der Waals surface area contributed by atoms with Gasteiger partial charge in [0.25, 0.3) is 0 Å². The summed E-state index contributed by atoms with van der Waals surface area (Å²) in [7, 11) is -2.13. The molecule has 0 saturated heterocycles. The van der Waals surface area contributed by atoms with Gasteiger partial charge in [0.15, 0.2) is 25.4 Å². The molecule has 0 aromatic carbocycles. The van der Waals surface area contributed by atoms with E-state index in [9.17, 15) is 4.57 Å². The molecule has 0 saturated carbocycles. The van der Waals surface area contributed by atoms with Crippen molar-refractivity contribution in [2.75, 3.05) is 6.66 Å². The van der Waals surface area contributed by atoms with Gasteiger partial charge in [0.05, 0.1) is 0 Å².